The van der Waals surface area contributed by atoms with Crippen LogP contribution in [0.2, 0.25) is 0 Å². The van der Waals surface area contributed by atoms with Crippen LogP contribution in [0, 0.1) is 0 Å². The van der Waals surface area contributed by atoms with Gasteiger partial charge in [0.15, 0.2) is 0 Å². The number of carbonyl (C=O) groups is 2. The van der Waals surface area contributed by atoms with E-state index in [0.717, 1.165) is 6.42 Å². The fraction of sp³-hybridized carbons (Fsp3) is 0.750. The number of nitrogens with one attached hydrogen (secondary N) is 1. The van der Waals surface area contributed by atoms with Gasteiger partial charge in [0.05, 0.1) is 5.25 Å². The second kappa shape index (κ2) is 7.00. The summed E-state index contributed by atoms with van der Waals surface area (Å²) in [6.45, 7) is 2.52. The number of aliphatic carboxylic acids is 1. The Morgan fingerprint density at radius 1 is 1.36 bits per heavy atom. The number of amides is 1. The lowest BCUT2D eigenvalue weighted by Gasteiger charge is -2.12. The molecule has 0 aromatic carbocycles. The predicted molar refractivity (Wildman–Crippen MR) is 61.1 cm³/mol. The van der Waals surface area contributed by atoms with Gasteiger partial charge in [-0.05, 0) is 12.8 Å². The average Bonchev–Trinajstić information content (AvgIpc) is 2.13. The SMILES string of the molecule is CCCNC(=O)C(S)CC(S)C(=O)O. The topological polar surface area (TPSA) is 66.4 Å². The van der Waals surface area contributed by atoms with Crippen molar-refractivity contribution in [1.82, 2.24) is 5.32 Å². The molecule has 0 spiro atoms. The molecule has 1 amide bonds. The van der Waals surface area contributed by atoms with Crippen molar-refractivity contribution in [2.45, 2.75) is 30.3 Å². The number of hydrogen-bond acceptors (Lipinski definition) is 4. The minimum Gasteiger partial charge on any atom is -0.480 e. The Labute approximate surface area is 94.3 Å². The lowest BCUT2D eigenvalue weighted by atomic mass is 10.2. The van der Waals surface area contributed by atoms with Crippen LogP contribution in [0.1, 0.15) is 19.8 Å². The van der Waals surface area contributed by atoms with Crippen LogP contribution in [0.25, 0.3) is 0 Å². The summed E-state index contributed by atoms with van der Waals surface area (Å²) in [5.41, 5.74) is 0. The molecule has 0 fully saturated rings. The molecule has 0 rings (SSSR count). The third-order valence-corrected chi connectivity index (χ3v) is 2.46. The summed E-state index contributed by atoms with van der Waals surface area (Å²) in [5.74, 6) is -1.27. The van der Waals surface area contributed by atoms with Crippen molar-refractivity contribution in [3.05, 3.63) is 0 Å². The van der Waals surface area contributed by atoms with Gasteiger partial charge in [-0.1, -0.05) is 6.92 Å². The molecule has 0 aliphatic carbocycles. The molecule has 0 aromatic heterocycles. The average molecular weight is 237 g/mol. The van der Waals surface area contributed by atoms with Crippen molar-refractivity contribution in [1.29, 1.82) is 0 Å². The summed E-state index contributed by atoms with van der Waals surface area (Å²) >= 11 is 7.83. The maximum Gasteiger partial charge on any atom is 0.316 e. The fourth-order valence-corrected chi connectivity index (χ4v) is 1.46. The quantitative estimate of drug-likeness (QED) is 0.511. The Morgan fingerprint density at radius 2 is 1.93 bits per heavy atom. The first-order valence-corrected chi connectivity index (χ1v) is 5.39. The Morgan fingerprint density at radius 3 is 2.36 bits per heavy atom. The van der Waals surface area contributed by atoms with Gasteiger partial charge in [-0.2, -0.15) is 25.3 Å². The Kier molecular flexibility index (Phi) is 6.82. The first kappa shape index (κ1) is 13.6. The van der Waals surface area contributed by atoms with Crippen LogP contribution in [0.5, 0.6) is 0 Å². The third kappa shape index (κ3) is 5.39. The number of hydrogen-bond donors (Lipinski definition) is 4. The van der Waals surface area contributed by atoms with Gasteiger partial charge in [0, 0.05) is 6.54 Å². The van der Waals surface area contributed by atoms with E-state index in [4.69, 9.17) is 5.11 Å². The summed E-state index contributed by atoms with van der Waals surface area (Å²) in [5, 5.41) is 9.73. The molecule has 6 heteroatoms. The van der Waals surface area contributed by atoms with Gasteiger partial charge in [0.25, 0.3) is 0 Å². The van der Waals surface area contributed by atoms with Gasteiger partial charge in [-0.15, -0.1) is 0 Å². The minimum absolute atomic E-state index is 0.122. The van der Waals surface area contributed by atoms with Crippen LogP contribution in [-0.2, 0) is 9.59 Å². The number of carbonyl (C=O) groups excluding carboxylic acids is 1. The first-order chi connectivity index (χ1) is 6.49. The van der Waals surface area contributed by atoms with Gasteiger partial charge < -0.3 is 10.4 Å². The van der Waals surface area contributed by atoms with Crippen molar-refractivity contribution >= 4 is 37.1 Å². The zero-order chi connectivity index (χ0) is 11.1. The van der Waals surface area contributed by atoms with Gasteiger partial charge >= 0.3 is 5.97 Å². The standard InChI is InChI=1S/C8H15NO3S2/c1-2-3-9-7(10)5(13)4-6(14)8(11)12/h5-6,13-14H,2-4H2,1H3,(H,9,10)(H,11,12). The van der Waals surface area contributed by atoms with E-state index in [9.17, 15) is 9.59 Å². The van der Waals surface area contributed by atoms with Gasteiger partial charge in [0.2, 0.25) is 5.91 Å². The lowest BCUT2D eigenvalue weighted by molar-refractivity contribution is -0.136. The Hall–Kier alpha value is -0.360. The highest BCUT2D eigenvalue weighted by atomic mass is 32.1. The number of rotatable bonds is 6. The maximum absolute atomic E-state index is 11.2. The second-order valence-electron chi connectivity index (χ2n) is 2.90. The number of carboxylic acid groups (broad SMARTS) is 1. The Bertz CT molecular complexity index is 211. The summed E-state index contributed by atoms with van der Waals surface area (Å²) in [7, 11) is 0. The second-order valence-corrected chi connectivity index (χ2v) is 4.14. The van der Waals surface area contributed by atoms with Crippen LogP contribution in [0.15, 0.2) is 0 Å². The third-order valence-electron chi connectivity index (χ3n) is 1.58. The van der Waals surface area contributed by atoms with Crippen molar-refractivity contribution in [3.63, 3.8) is 0 Å². The molecule has 0 aliphatic heterocycles. The van der Waals surface area contributed by atoms with Gasteiger partial charge in [0.1, 0.15) is 5.25 Å². The fourth-order valence-electron chi connectivity index (χ4n) is 0.785. The maximum atomic E-state index is 11.2. The highest BCUT2D eigenvalue weighted by Crippen LogP contribution is 2.10. The first-order valence-electron chi connectivity index (χ1n) is 4.35. The zero-order valence-electron chi connectivity index (χ0n) is 7.93. The van der Waals surface area contributed by atoms with Crippen LogP contribution in [0.3, 0.4) is 0 Å². The monoisotopic (exact) mass is 237 g/mol. The Balaban J connectivity index is 3.88. The van der Waals surface area contributed by atoms with E-state index in [-0.39, 0.29) is 12.3 Å². The smallest absolute Gasteiger partial charge is 0.316 e. The van der Waals surface area contributed by atoms with E-state index in [1.807, 2.05) is 6.92 Å². The highest BCUT2D eigenvalue weighted by molar-refractivity contribution is 7.82. The molecule has 0 saturated heterocycles. The van der Waals surface area contributed by atoms with Crippen molar-refractivity contribution in [2.75, 3.05) is 6.54 Å². The summed E-state index contributed by atoms with van der Waals surface area (Å²) in [4.78, 5) is 21.7. The molecule has 0 saturated carbocycles. The lowest BCUT2D eigenvalue weighted by Crippen LogP contribution is -2.34. The zero-order valence-corrected chi connectivity index (χ0v) is 9.72. The molecule has 0 aliphatic rings. The van der Waals surface area contributed by atoms with E-state index in [2.05, 4.69) is 30.6 Å². The normalized spacial score (nSPS) is 14.5. The van der Waals surface area contributed by atoms with Gasteiger partial charge in [-0.25, -0.2) is 0 Å². The molecule has 82 valence electrons. The molecule has 0 heterocycles. The molecule has 0 bridgehead atoms. The van der Waals surface area contributed by atoms with E-state index in [1.165, 1.54) is 0 Å². The van der Waals surface area contributed by atoms with E-state index in [0.29, 0.717) is 6.54 Å². The van der Waals surface area contributed by atoms with E-state index < -0.39 is 16.5 Å². The molecule has 2 N–H and O–H groups in total. The summed E-state index contributed by atoms with van der Waals surface area (Å²) in [6, 6.07) is 0. The van der Waals surface area contributed by atoms with Crippen LogP contribution >= 0.6 is 25.3 Å². The molecule has 0 radical (unpaired) electrons. The molecular formula is C8H15NO3S2. The molecule has 4 nitrogen and oxygen atoms in total. The highest BCUT2D eigenvalue weighted by Gasteiger charge is 2.21. The predicted octanol–water partition coefficient (Wildman–Crippen LogP) is 0.584. The minimum atomic E-state index is -1.03. The molecular weight excluding hydrogens is 222 g/mol. The molecule has 14 heavy (non-hydrogen) atoms. The van der Waals surface area contributed by atoms with Crippen molar-refractivity contribution < 1.29 is 14.7 Å². The molecule has 2 atom stereocenters. The van der Waals surface area contributed by atoms with Crippen molar-refractivity contribution in [3.8, 4) is 0 Å². The van der Waals surface area contributed by atoms with Crippen LogP contribution < -0.4 is 5.32 Å². The molecule has 2 unspecified atom stereocenters. The largest absolute Gasteiger partial charge is 0.480 e. The van der Waals surface area contributed by atoms with Gasteiger partial charge in [-0.3, -0.25) is 9.59 Å². The van der Waals surface area contributed by atoms with E-state index in [1.54, 1.807) is 0 Å². The summed E-state index contributed by atoms with van der Waals surface area (Å²) in [6.07, 6.45) is 0.965. The van der Waals surface area contributed by atoms with E-state index >= 15 is 0 Å². The van der Waals surface area contributed by atoms with Crippen molar-refractivity contribution in [2.24, 2.45) is 0 Å². The number of thiol groups is 2. The van der Waals surface area contributed by atoms with Crippen LogP contribution in [-0.4, -0.2) is 34.0 Å². The van der Waals surface area contributed by atoms with Crippen LogP contribution in [0.4, 0.5) is 0 Å². The molecule has 0 aromatic rings. The summed E-state index contributed by atoms with van der Waals surface area (Å²) < 4.78 is 0. The number of carboxylic acids is 1.